The van der Waals surface area contributed by atoms with Crippen LogP contribution in [-0.2, 0) is 4.79 Å². The summed E-state index contributed by atoms with van der Waals surface area (Å²) in [5.74, 6) is -1.99. The molecule has 20 heavy (non-hydrogen) atoms. The molecule has 0 saturated carbocycles. The van der Waals surface area contributed by atoms with Crippen LogP contribution in [0.25, 0.3) is 0 Å². The van der Waals surface area contributed by atoms with Gasteiger partial charge in [0.15, 0.2) is 0 Å². The lowest BCUT2D eigenvalue weighted by Crippen LogP contribution is -2.28. The van der Waals surface area contributed by atoms with Crippen molar-refractivity contribution in [3.63, 3.8) is 0 Å². The minimum absolute atomic E-state index is 0.0743. The average Bonchev–Trinajstić information content (AvgIpc) is 2.84. The number of phenolic OH excluding ortho intramolecular Hbond substituents is 1. The van der Waals surface area contributed by atoms with E-state index in [4.69, 9.17) is 5.11 Å². The third-order valence-electron chi connectivity index (χ3n) is 3.53. The molecule has 0 bridgehead atoms. The zero-order valence-corrected chi connectivity index (χ0v) is 10.9. The number of likely N-dealkylation sites (tertiary alicyclic amines) is 1. The van der Waals surface area contributed by atoms with Gasteiger partial charge in [-0.1, -0.05) is 0 Å². The van der Waals surface area contributed by atoms with Gasteiger partial charge in [-0.15, -0.1) is 0 Å². The summed E-state index contributed by atoms with van der Waals surface area (Å²) in [4.78, 5) is 24.3. The van der Waals surface area contributed by atoms with Gasteiger partial charge >= 0.3 is 5.97 Å². The summed E-state index contributed by atoms with van der Waals surface area (Å²) >= 11 is 0. The van der Waals surface area contributed by atoms with E-state index < -0.39 is 11.8 Å². The van der Waals surface area contributed by atoms with E-state index in [1.807, 2.05) is 0 Å². The van der Waals surface area contributed by atoms with Gasteiger partial charge in [0.1, 0.15) is 11.6 Å². The number of carboxylic acid groups (broad SMARTS) is 1. The monoisotopic (exact) mass is 281 g/mol. The fourth-order valence-electron chi connectivity index (χ4n) is 2.44. The van der Waals surface area contributed by atoms with Gasteiger partial charge in [0.2, 0.25) is 0 Å². The highest BCUT2D eigenvalue weighted by atomic mass is 19.1. The Balaban J connectivity index is 1.99. The molecule has 1 aliphatic rings. The largest absolute Gasteiger partial charge is 0.507 e. The van der Waals surface area contributed by atoms with Crippen LogP contribution in [-0.4, -0.2) is 40.1 Å². The maximum absolute atomic E-state index is 12.9. The van der Waals surface area contributed by atoms with Crippen molar-refractivity contribution in [2.24, 2.45) is 5.92 Å². The van der Waals surface area contributed by atoms with Crippen molar-refractivity contribution in [1.82, 2.24) is 4.90 Å². The van der Waals surface area contributed by atoms with Crippen molar-refractivity contribution in [2.45, 2.75) is 19.3 Å². The van der Waals surface area contributed by atoms with Crippen molar-refractivity contribution < 1.29 is 24.2 Å². The number of halogens is 1. The molecule has 0 aliphatic carbocycles. The van der Waals surface area contributed by atoms with Crippen LogP contribution in [0, 0.1) is 11.7 Å². The zero-order valence-electron chi connectivity index (χ0n) is 10.9. The van der Waals surface area contributed by atoms with Gasteiger partial charge in [-0.2, -0.15) is 0 Å². The van der Waals surface area contributed by atoms with Crippen molar-refractivity contribution >= 4 is 11.9 Å². The first-order valence-corrected chi connectivity index (χ1v) is 6.47. The topological polar surface area (TPSA) is 77.8 Å². The highest BCUT2D eigenvalue weighted by Gasteiger charge is 2.28. The normalized spacial score (nSPS) is 18.2. The summed E-state index contributed by atoms with van der Waals surface area (Å²) in [6.07, 6.45) is 1.38. The summed E-state index contributed by atoms with van der Waals surface area (Å²) in [5.41, 5.74) is 0.0743. The third kappa shape index (κ3) is 3.26. The molecule has 1 atom stereocenters. The minimum atomic E-state index is -0.842. The van der Waals surface area contributed by atoms with E-state index in [9.17, 15) is 19.1 Å². The van der Waals surface area contributed by atoms with Crippen molar-refractivity contribution in [2.75, 3.05) is 13.1 Å². The predicted molar refractivity (Wildman–Crippen MR) is 68.9 cm³/mol. The molecule has 0 spiro atoms. The molecule has 1 aromatic rings. The van der Waals surface area contributed by atoms with Gasteiger partial charge in [0, 0.05) is 25.6 Å². The molecule has 5 nitrogen and oxygen atoms in total. The van der Waals surface area contributed by atoms with E-state index in [0.717, 1.165) is 18.6 Å². The van der Waals surface area contributed by atoms with Crippen LogP contribution in [0.4, 0.5) is 4.39 Å². The number of hydrogen-bond donors (Lipinski definition) is 2. The fraction of sp³-hybridized carbons (Fsp3) is 0.429. The molecular formula is C14H16FNO4. The lowest BCUT2D eigenvalue weighted by molar-refractivity contribution is -0.137. The number of benzene rings is 1. The van der Waals surface area contributed by atoms with Gasteiger partial charge in [0.25, 0.3) is 5.91 Å². The van der Waals surface area contributed by atoms with Crippen LogP contribution in [0.5, 0.6) is 5.75 Å². The van der Waals surface area contributed by atoms with E-state index in [1.165, 1.54) is 6.07 Å². The molecule has 2 rings (SSSR count). The molecule has 1 amide bonds. The quantitative estimate of drug-likeness (QED) is 0.883. The Morgan fingerprint density at radius 3 is 2.80 bits per heavy atom. The zero-order chi connectivity index (χ0) is 14.7. The predicted octanol–water partition coefficient (Wildman–Crippen LogP) is 1.86. The van der Waals surface area contributed by atoms with Gasteiger partial charge in [0.05, 0.1) is 5.56 Å². The van der Waals surface area contributed by atoms with Crippen molar-refractivity contribution in [3.05, 3.63) is 29.6 Å². The average molecular weight is 281 g/mol. The summed E-state index contributed by atoms with van der Waals surface area (Å²) in [6, 6.07) is 3.30. The Hall–Kier alpha value is -2.11. The Morgan fingerprint density at radius 2 is 2.15 bits per heavy atom. The van der Waals surface area contributed by atoms with Crippen LogP contribution in [0.2, 0.25) is 0 Å². The van der Waals surface area contributed by atoms with E-state index in [1.54, 1.807) is 4.90 Å². The van der Waals surface area contributed by atoms with Crippen LogP contribution in [0.3, 0.4) is 0 Å². The molecule has 0 radical (unpaired) electrons. The van der Waals surface area contributed by atoms with Gasteiger partial charge in [-0.05, 0) is 30.9 Å². The molecule has 6 heteroatoms. The number of hydrogen-bond acceptors (Lipinski definition) is 3. The van der Waals surface area contributed by atoms with Crippen molar-refractivity contribution in [1.29, 1.82) is 0 Å². The molecule has 1 heterocycles. The standard InChI is InChI=1S/C14H16FNO4/c15-10-2-3-11(12(17)7-10)14(20)16-6-5-9(8-16)1-4-13(18)19/h2-3,7,9,17H,1,4-6,8H2,(H,18,19). The molecule has 1 aromatic carbocycles. The van der Waals surface area contributed by atoms with Crippen molar-refractivity contribution in [3.8, 4) is 5.75 Å². The third-order valence-corrected chi connectivity index (χ3v) is 3.53. The summed E-state index contributed by atoms with van der Waals surface area (Å²) in [5, 5.41) is 18.2. The summed E-state index contributed by atoms with van der Waals surface area (Å²) in [6.45, 7) is 1.00. The molecule has 0 aromatic heterocycles. The second kappa shape index (κ2) is 5.90. The Kier molecular flexibility index (Phi) is 4.22. The number of carbonyl (C=O) groups excluding carboxylic acids is 1. The lowest BCUT2D eigenvalue weighted by atomic mass is 10.0. The summed E-state index contributed by atoms with van der Waals surface area (Å²) < 4.78 is 12.9. The molecule has 1 saturated heterocycles. The van der Waals surface area contributed by atoms with Crippen LogP contribution in [0.15, 0.2) is 18.2 Å². The Labute approximate surface area is 115 Å². The number of carbonyl (C=O) groups is 2. The minimum Gasteiger partial charge on any atom is -0.507 e. The molecule has 1 fully saturated rings. The van der Waals surface area contributed by atoms with E-state index in [0.29, 0.717) is 19.5 Å². The number of nitrogens with zero attached hydrogens (tertiary/aromatic N) is 1. The SMILES string of the molecule is O=C(O)CCC1CCN(C(=O)c2ccc(F)cc2O)C1. The Morgan fingerprint density at radius 1 is 1.40 bits per heavy atom. The van der Waals surface area contributed by atoms with Gasteiger partial charge in [-0.3, -0.25) is 9.59 Å². The number of phenols is 1. The number of amides is 1. The molecule has 1 aliphatic heterocycles. The van der Waals surface area contributed by atoms with Crippen LogP contribution < -0.4 is 0 Å². The molecular weight excluding hydrogens is 265 g/mol. The first kappa shape index (κ1) is 14.3. The maximum atomic E-state index is 12.9. The molecule has 2 N–H and O–H groups in total. The maximum Gasteiger partial charge on any atom is 0.303 e. The van der Waals surface area contributed by atoms with E-state index >= 15 is 0 Å². The molecule has 108 valence electrons. The smallest absolute Gasteiger partial charge is 0.303 e. The van der Waals surface area contributed by atoms with Gasteiger partial charge < -0.3 is 15.1 Å². The fourth-order valence-corrected chi connectivity index (χ4v) is 2.44. The second-order valence-corrected chi connectivity index (χ2v) is 5.00. The van der Waals surface area contributed by atoms with Crippen LogP contribution in [0.1, 0.15) is 29.6 Å². The number of aliphatic carboxylic acids is 1. The highest BCUT2D eigenvalue weighted by molar-refractivity contribution is 5.97. The van der Waals surface area contributed by atoms with E-state index in [-0.39, 0.29) is 29.6 Å². The van der Waals surface area contributed by atoms with E-state index in [2.05, 4.69) is 0 Å². The Bertz CT molecular complexity index is 532. The second-order valence-electron chi connectivity index (χ2n) is 5.00. The molecule has 1 unspecified atom stereocenters. The first-order valence-electron chi connectivity index (χ1n) is 6.47. The summed E-state index contributed by atoms with van der Waals surface area (Å²) in [7, 11) is 0. The lowest BCUT2D eigenvalue weighted by Gasteiger charge is -2.17. The first-order chi connectivity index (χ1) is 9.47. The highest BCUT2D eigenvalue weighted by Crippen LogP contribution is 2.26. The number of aromatic hydroxyl groups is 1. The number of rotatable bonds is 4. The number of carboxylic acids is 1. The van der Waals surface area contributed by atoms with Crippen LogP contribution >= 0.6 is 0 Å². The van der Waals surface area contributed by atoms with Gasteiger partial charge in [-0.25, -0.2) is 4.39 Å².